The summed E-state index contributed by atoms with van der Waals surface area (Å²) in [5.74, 6) is 0.276. The first-order valence-corrected chi connectivity index (χ1v) is 5.24. The number of carbonyl (C=O) groups excluding carboxylic acids is 1. The van der Waals surface area contributed by atoms with Crippen LogP contribution in [0.15, 0.2) is 0 Å². The molecule has 0 atom stereocenters. The van der Waals surface area contributed by atoms with E-state index in [-0.39, 0.29) is 5.91 Å². The van der Waals surface area contributed by atoms with Crippen molar-refractivity contribution in [2.45, 2.75) is 39.5 Å². The number of nitrogens with two attached hydrogens (primary N) is 1. The molecule has 0 saturated carbocycles. The normalized spacial score (nSPS) is 10.1. The number of nitrogens with zero attached hydrogens (tertiary/aromatic N) is 1. The van der Waals surface area contributed by atoms with Gasteiger partial charge in [0.25, 0.3) is 0 Å². The summed E-state index contributed by atoms with van der Waals surface area (Å²) in [5, 5.41) is 0. The third-order valence-electron chi connectivity index (χ3n) is 2.11. The monoisotopic (exact) mass is 186 g/mol. The number of hydrogen-bond donors (Lipinski definition) is 1. The Balaban J connectivity index is 3.71. The Morgan fingerprint density at radius 2 is 2.00 bits per heavy atom. The second kappa shape index (κ2) is 8.05. The van der Waals surface area contributed by atoms with Crippen LogP contribution in [0.2, 0.25) is 0 Å². The lowest BCUT2D eigenvalue weighted by atomic mass is 10.2. The topological polar surface area (TPSA) is 46.3 Å². The summed E-state index contributed by atoms with van der Waals surface area (Å²) in [6, 6.07) is 0. The van der Waals surface area contributed by atoms with E-state index in [0.717, 1.165) is 32.4 Å². The molecule has 0 fully saturated rings. The van der Waals surface area contributed by atoms with Crippen molar-refractivity contribution in [3.8, 4) is 0 Å². The molecule has 0 aliphatic rings. The van der Waals surface area contributed by atoms with E-state index in [1.807, 2.05) is 11.8 Å². The minimum atomic E-state index is 0.276. The summed E-state index contributed by atoms with van der Waals surface area (Å²) < 4.78 is 0. The van der Waals surface area contributed by atoms with Gasteiger partial charge in [0.1, 0.15) is 0 Å². The first-order valence-electron chi connectivity index (χ1n) is 5.24. The third-order valence-corrected chi connectivity index (χ3v) is 2.11. The molecule has 0 rings (SSSR count). The fourth-order valence-corrected chi connectivity index (χ4v) is 1.23. The molecular formula is C10H22N2O. The molecule has 0 aliphatic heterocycles. The molecule has 1 amide bonds. The van der Waals surface area contributed by atoms with Crippen LogP contribution in [-0.4, -0.2) is 30.4 Å². The van der Waals surface area contributed by atoms with Crippen molar-refractivity contribution < 1.29 is 4.79 Å². The van der Waals surface area contributed by atoms with E-state index in [0.29, 0.717) is 13.0 Å². The molecule has 0 saturated heterocycles. The van der Waals surface area contributed by atoms with Gasteiger partial charge >= 0.3 is 0 Å². The third kappa shape index (κ3) is 5.64. The largest absolute Gasteiger partial charge is 0.343 e. The van der Waals surface area contributed by atoms with Crippen LogP contribution in [0.1, 0.15) is 39.5 Å². The number of hydrogen-bond acceptors (Lipinski definition) is 2. The fraction of sp³-hybridized carbons (Fsp3) is 0.900. The Morgan fingerprint density at radius 1 is 1.31 bits per heavy atom. The smallest absolute Gasteiger partial charge is 0.222 e. The van der Waals surface area contributed by atoms with E-state index in [4.69, 9.17) is 5.73 Å². The summed E-state index contributed by atoms with van der Waals surface area (Å²) in [6.45, 7) is 6.40. The summed E-state index contributed by atoms with van der Waals surface area (Å²) in [4.78, 5) is 13.4. The van der Waals surface area contributed by atoms with Gasteiger partial charge in [0.2, 0.25) is 5.91 Å². The maximum atomic E-state index is 11.5. The van der Waals surface area contributed by atoms with Gasteiger partial charge in [-0.3, -0.25) is 4.79 Å². The van der Waals surface area contributed by atoms with Gasteiger partial charge in [-0.1, -0.05) is 13.3 Å². The molecule has 0 aromatic rings. The van der Waals surface area contributed by atoms with Gasteiger partial charge in [0.05, 0.1) is 0 Å². The zero-order valence-corrected chi connectivity index (χ0v) is 8.88. The Morgan fingerprint density at radius 3 is 2.46 bits per heavy atom. The van der Waals surface area contributed by atoms with Crippen molar-refractivity contribution in [3.63, 3.8) is 0 Å². The fourth-order valence-electron chi connectivity index (χ4n) is 1.23. The van der Waals surface area contributed by atoms with Crippen LogP contribution in [0.5, 0.6) is 0 Å². The van der Waals surface area contributed by atoms with E-state index in [9.17, 15) is 4.79 Å². The van der Waals surface area contributed by atoms with E-state index in [2.05, 4.69) is 6.92 Å². The maximum Gasteiger partial charge on any atom is 0.222 e. The van der Waals surface area contributed by atoms with E-state index in [1.54, 1.807) is 0 Å². The molecule has 0 bridgehead atoms. The van der Waals surface area contributed by atoms with Crippen LogP contribution >= 0.6 is 0 Å². The summed E-state index contributed by atoms with van der Waals surface area (Å²) >= 11 is 0. The van der Waals surface area contributed by atoms with E-state index in [1.165, 1.54) is 0 Å². The number of unbranched alkanes of at least 4 members (excludes halogenated alkanes) is 1. The molecule has 2 N–H and O–H groups in total. The Labute approximate surface area is 81.3 Å². The van der Waals surface area contributed by atoms with Gasteiger partial charge in [-0.05, 0) is 26.3 Å². The minimum Gasteiger partial charge on any atom is -0.343 e. The second-order valence-electron chi connectivity index (χ2n) is 3.22. The highest BCUT2D eigenvalue weighted by atomic mass is 16.2. The van der Waals surface area contributed by atoms with Crippen LogP contribution in [0.25, 0.3) is 0 Å². The molecule has 3 nitrogen and oxygen atoms in total. The van der Waals surface area contributed by atoms with E-state index < -0.39 is 0 Å². The van der Waals surface area contributed by atoms with Gasteiger partial charge < -0.3 is 10.6 Å². The van der Waals surface area contributed by atoms with Crippen molar-refractivity contribution in [2.75, 3.05) is 19.6 Å². The zero-order chi connectivity index (χ0) is 10.1. The van der Waals surface area contributed by atoms with Crippen molar-refractivity contribution in [2.24, 2.45) is 5.73 Å². The SMILES string of the molecule is CCCCC(=O)N(CC)CCCN. The Bertz CT molecular complexity index is 137. The number of amides is 1. The zero-order valence-electron chi connectivity index (χ0n) is 8.88. The first kappa shape index (κ1) is 12.4. The molecule has 0 spiro atoms. The molecule has 78 valence electrons. The van der Waals surface area contributed by atoms with Crippen molar-refractivity contribution >= 4 is 5.91 Å². The van der Waals surface area contributed by atoms with Gasteiger partial charge in [-0.25, -0.2) is 0 Å². The lowest BCUT2D eigenvalue weighted by Crippen LogP contribution is -2.32. The van der Waals surface area contributed by atoms with Crippen LogP contribution in [0.3, 0.4) is 0 Å². The van der Waals surface area contributed by atoms with Gasteiger partial charge in [0.15, 0.2) is 0 Å². The summed E-state index contributed by atoms with van der Waals surface area (Å²) in [7, 11) is 0. The van der Waals surface area contributed by atoms with Gasteiger partial charge in [-0.15, -0.1) is 0 Å². The molecule has 0 aromatic carbocycles. The Hall–Kier alpha value is -0.570. The van der Waals surface area contributed by atoms with E-state index >= 15 is 0 Å². The van der Waals surface area contributed by atoms with Crippen molar-refractivity contribution in [3.05, 3.63) is 0 Å². The van der Waals surface area contributed by atoms with Crippen LogP contribution < -0.4 is 5.73 Å². The molecule has 0 heterocycles. The lowest BCUT2D eigenvalue weighted by Gasteiger charge is -2.20. The highest BCUT2D eigenvalue weighted by Gasteiger charge is 2.09. The minimum absolute atomic E-state index is 0.276. The molecule has 3 heteroatoms. The average Bonchev–Trinajstić information content (AvgIpc) is 2.16. The van der Waals surface area contributed by atoms with Crippen LogP contribution in [0, 0.1) is 0 Å². The van der Waals surface area contributed by atoms with Crippen molar-refractivity contribution in [1.29, 1.82) is 0 Å². The predicted octanol–water partition coefficient (Wildman–Crippen LogP) is 1.37. The van der Waals surface area contributed by atoms with Gasteiger partial charge in [0, 0.05) is 19.5 Å². The standard InChI is InChI=1S/C10H22N2O/c1-3-5-7-10(13)12(4-2)9-6-8-11/h3-9,11H2,1-2H3. The average molecular weight is 186 g/mol. The Kier molecular flexibility index (Phi) is 7.69. The summed E-state index contributed by atoms with van der Waals surface area (Å²) in [5.41, 5.74) is 5.39. The molecular weight excluding hydrogens is 164 g/mol. The van der Waals surface area contributed by atoms with Crippen LogP contribution in [0.4, 0.5) is 0 Å². The molecule has 0 aliphatic carbocycles. The highest BCUT2D eigenvalue weighted by Crippen LogP contribution is 2.01. The molecule has 0 aromatic heterocycles. The molecule has 0 radical (unpaired) electrons. The second-order valence-corrected chi connectivity index (χ2v) is 3.22. The highest BCUT2D eigenvalue weighted by molar-refractivity contribution is 5.76. The number of carbonyl (C=O) groups is 1. The quantitative estimate of drug-likeness (QED) is 0.653. The summed E-state index contributed by atoms with van der Waals surface area (Å²) in [6.07, 6.45) is 3.68. The molecule has 13 heavy (non-hydrogen) atoms. The first-order chi connectivity index (χ1) is 6.26. The number of rotatable bonds is 7. The maximum absolute atomic E-state index is 11.5. The lowest BCUT2D eigenvalue weighted by molar-refractivity contribution is -0.131. The van der Waals surface area contributed by atoms with Crippen LogP contribution in [-0.2, 0) is 4.79 Å². The van der Waals surface area contributed by atoms with Gasteiger partial charge in [-0.2, -0.15) is 0 Å². The molecule has 0 unspecified atom stereocenters. The van der Waals surface area contributed by atoms with Crippen molar-refractivity contribution in [1.82, 2.24) is 4.90 Å². The predicted molar refractivity (Wildman–Crippen MR) is 55.5 cm³/mol.